The molecule has 1 aromatic rings. The molecule has 4 rings (SSSR count). The van der Waals surface area contributed by atoms with E-state index < -0.39 is 5.60 Å². The normalized spacial score (nSPS) is 34.1. The number of carbonyl (C=O) groups excluding carboxylic acids is 1. The van der Waals surface area contributed by atoms with Crippen LogP contribution in [0.2, 0.25) is 0 Å². The second-order valence-electron chi connectivity index (χ2n) is 8.53. The van der Waals surface area contributed by atoms with Crippen molar-refractivity contribution in [1.29, 1.82) is 0 Å². The number of nitrogens with one attached hydrogen (secondary N) is 1. The van der Waals surface area contributed by atoms with Crippen LogP contribution in [0.3, 0.4) is 0 Å². The van der Waals surface area contributed by atoms with Crippen molar-refractivity contribution in [1.82, 2.24) is 20.0 Å². The first-order chi connectivity index (χ1) is 11.4. The summed E-state index contributed by atoms with van der Waals surface area (Å²) in [5.41, 5.74) is -0.431. The zero-order valence-electron chi connectivity index (χ0n) is 14.8. The fraction of sp³-hybridized carbons (Fsp3) is 0.778. The summed E-state index contributed by atoms with van der Waals surface area (Å²) in [5.74, 6) is 2.04. The van der Waals surface area contributed by atoms with Gasteiger partial charge >= 0.3 is 6.09 Å². The summed E-state index contributed by atoms with van der Waals surface area (Å²) in [6.07, 6.45) is 6.17. The molecule has 6 nitrogen and oxygen atoms in total. The Morgan fingerprint density at radius 1 is 1.33 bits per heavy atom. The molecule has 2 heterocycles. The third-order valence-corrected chi connectivity index (χ3v) is 5.80. The summed E-state index contributed by atoms with van der Waals surface area (Å²) in [7, 11) is 0. The van der Waals surface area contributed by atoms with Gasteiger partial charge in [-0.1, -0.05) is 0 Å². The minimum absolute atomic E-state index is 0.138. The maximum atomic E-state index is 12.6. The highest BCUT2D eigenvalue weighted by Crippen LogP contribution is 2.55. The van der Waals surface area contributed by atoms with Crippen LogP contribution in [-0.4, -0.2) is 51.5 Å². The number of hydrogen-bond donors (Lipinski definition) is 1. The fourth-order valence-corrected chi connectivity index (χ4v) is 5.05. The first-order valence-corrected chi connectivity index (χ1v) is 9.13. The molecule has 5 atom stereocenters. The van der Waals surface area contributed by atoms with Gasteiger partial charge in [0.15, 0.2) is 0 Å². The summed E-state index contributed by atoms with van der Waals surface area (Å²) in [6.45, 7) is 8.44. The van der Waals surface area contributed by atoms with Crippen molar-refractivity contribution in [3.8, 4) is 0 Å². The molecule has 1 saturated heterocycles. The highest BCUT2D eigenvalue weighted by atomic mass is 16.6. The zero-order chi connectivity index (χ0) is 16.9. The number of amides is 1. The lowest BCUT2D eigenvalue weighted by Gasteiger charge is -2.34. The van der Waals surface area contributed by atoms with Gasteiger partial charge in [0.2, 0.25) is 0 Å². The maximum absolute atomic E-state index is 12.6. The number of ether oxygens (including phenoxy) is 1. The Balaban J connectivity index is 1.41. The number of hydrogen-bond acceptors (Lipinski definition) is 4. The number of rotatable bonds is 4. The number of nitrogens with zero attached hydrogens (tertiary/aromatic N) is 3. The number of fused-ring (bicyclic) bond motifs is 1. The second-order valence-corrected chi connectivity index (χ2v) is 8.53. The summed E-state index contributed by atoms with van der Waals surface area (Å²) in [4.78, 5) is 14.6. The summed E-state index contributed by atoms with van der Waals surface area (Å²) in [6, 6.07) is 2.65. The fourth-order valence-electron chi connectivity index (χ4n) is 5.05. The highest BCUT2D eigenvalue weighted by Gasteiger charge is 2.60. The molecule has 5 unspecified atom stereocenters. The van der Waals surface area contributed by atoms with Gasteiger partial charge in [-0.2, -0.15) is 5.10 Å². The van der Waals surface area contributed by atoms with Gasteiger partial charge in [0.1, 0.15) is 5.60 Å². The van der Waals surface area contributed by atoms with Crippen molar-refractivity contribution in [3.63, 3.8) is 0 Å². The second kappa shape index (κ2) is 5.76. The van der Waals surface area contributed by atoms with Crippen molar-refractivity contribution in [2.45, 2.75) is 57.8 Å². The van der Waals surface area contributed by atoms with Crippen LogP contribution in [0.5, 0.6) is 0 Å². The van der Waals surface area contributed by atoms with Crippen LogP contribution in [-0.2, 0) is 11.3 Å². The Morgan fingerprint density at radius 3 is 2.88 bits per heavy atom. The van der Waals surface area contributed by atoms with Gasteiger partial charge in [-0.3, -0.25) is 4.68 Å². The van der Waals surface area contributed by atoms with E-state index in [9.17, 15) is 4.79 Å². The molecule has 0 spiro atoms. The van der Waals surface area contributed by atoms with E-state index in [-0.39, 0.29) is 6.09 Å². The predicted octanol–water partition coefficient (Wildman–Crippen LogP) is 2.12. The first kappa shape index (κ1) is 15.9. The Labute approximate surface area is 143 Å². The molecule has 0 radical (unpaired) electrons. The molecule has 1 amide bonds. The smallest absolute Gasteiger partial charge is 0.410 e. The lowest BCUT2D eigenvalue weighted by Crippen LogP contribution is -2.52. The van der Waals surface area contributed by atoms with E-state index in [0.29, 0.717) is 29.8 Å². The molecular formula is C18H28N4O2. The van der Waals surface area contributed by atoms with Crippen LogP contribution in [0.1, 0.15) is 33.6 Å². The molecule has 2 saturated carbocycles. The van der Waals surface area contributed by atoms with Crippen LogP contribution in [0.4, 0.5) is 4.79 Å². The third kappa shape index (κ3) is 2.81. The van der Waals surface area contributed by atoms with Crippen LogP contribution >= 0.6 is 0 Å². The molecular weight excluding hydrogens is 304 g/mol. The number of aromatic nitrogens is 2. The van der Waals surface area contributed by atoms with E-state index in [1.54, 1.807) is 0 Å². The molecule has 3 aliphatic rings. The SMILES string of the molecule is CC(C)(C)OC(=O)N1CC2CC3CC2C1C3NCCn1cccn1. The molecule has 1 N–H and O–H groups in total. The topological polar surface area (TPSA) is 59.4 Å². The minimum Gasteiger partial charge on any atom is -0.444 e. The molecule has 2 bridgehead atoms. The quantitative estimate of drug-likeness (QED) is 0.917. The molecule has 3 fully saturated rings. The monoisotopic (exact) mass is 332 g/mol. The molecule has 0 aromatic carbocycles. The van der Waals surface area contributed by atoms with E-state index in [0.717, 1.165) is 19.6 Å². The minimum atomic E-state index is -0.431. The van der Waals surface area contributed by atoms with Gasteiger partial charge in [-0.05, 0) is 57.4 Å². The lowest BCUT2D eigenvalue weighted by atomic mass is 9.86. The zero-order valence-corrected chi connectivity index (χ0v) is 14.8. The maximum Gasteiger partial charge on any atom is 0.410 e. The standard InChI is InChI=1S/C18H28N4O2/c1-18(2,3)24-17(23)22-11-13-9-12-10-14(13)16(22)15(12)19-6-8-21-7-4-5-20-21/h4-5,7,12-16,19H,6,8-11H2,1-3H3. The van der Waals surface area contributed by atoms with E-state index in [2.05, 4.69) is 10.4 Å². The van der Waals surface area contributed by atoms with Crippen molar-refractivity contribution in [2.75, 3.05) is 13.1 Å². The Hall–Kier alpha value is -1.56. The van der Waals surface area contributed by atoms with E-state index >= 15 is 0 Å². The lowest BCUT2D eigenvalue weighted by molar-refractivity contribution is 0.0193. The molecule has 1 aliphatic heterocycles. The summed E-state index contributed by atoms with van der Waals surface area (Å²) >= 11 is 0. The summed E-state index contributed by atoms with van der Waals surface area (Å²) in [5, 5.41) is 7.97. The van der Waals surface area contributed by atoms with Crippen molar-refractivity contribution >= 4 is 6.09 Å². The van der Waals surface area contributed by atoms with E-state index in [1.807, 2.05) is 48.8 Å². The molecule has 24 heavy (non-hydrogen) atoms. The van der Waals surface area contributed by atoms with E-state index in [4.69, 9.17) is 4.74 Å². The van der Waals surface area contributed by atoms with Crippen molar-refractivity contribution < 1.29 is 9.53 Å². The van der Waals surface area contributed by atoms with Crippen molar-refractivity contribution in [3.05, 3.63) is 18.5 Å². The average molecular weight is 332 g/mol. The highest BCUT2D eigenvalue weighted by molar-refractivity contribution is 5.69. The number of likely N-dealkylation sites (tertiary alicyclic amines) is 1. The molecule has 6 heteroatoms. The van der Waals surface area contributed by atoms with Gasteiger partial charge in [0.25, 0.3) is 0 Å². The van der Waals surface area contributed by atoms with Crippen LogP contribution in [0.15, 0.2) is 18.5 Å². The Bertz CT molecular complexity index is 593. The largest absolute Gasteiger partial charge is 0.444 e. The van der Waals surface area contributed by atoms with Gasteiger partial charge in [-0.15, -0.1) is 0 Å². The molecule has 1 aromatic heterocycles. The van der Waals surface area contributed by atoms with Gasteiger partial charge in [0.05, 0.1) is 12.6 Å². The predicted molar refractivity (Wildman–Crippen MR) is 90.4 cm³/mol. The van der Waals surface area contributed by atoms with Crippen LogP contribution < -0.4 is 5.32 Å². The molecule has 132 valence electrons. The van der Waals surface area contributed by atoms with Crippen molar-refractivity contribution in [2.24, 2.45) is 17.8 Å². The van der Waals surface area contributed by atoms with Gasteiger partial charge < -0.3 is 15.0 Å². The Kier molecular flexibility index (Phi) is 3.82. The first-order valence-electron chi connectivity index (χ1n) is 9.13. The molecule has 2 aliphatic carbocycles. The van der Waals surface area contributed by atoms with Crippen LogP contribution in [0, 0.1) is 17.8 Å². The van der Waals surface area contributed by atoms with Gasteiger partial charge in [-0.25, -0.2) is 4.79 Å². The van der Waals surface area contributed by atoms with Gasteiger partial charge in [0, 0.05) is 31.5 Å². The van der Waals surface area contributed by atoms with Crippen LogP contribution in [0.25, 0.3) is 0 Å². The van der Waals surface area contributed by atoms with E-state index in [1.165, 1.54) is 12.8 Å². The Morgan fingerprint density at radius 2 is 2.17 bits per heavy atom. The third-order valence-electron chi connectivity index (χ3n) is 5.80. The summed E-state index contributed by atoms with van der Waals surface area (Å²) < 4.78 is 7.60. The average Bonchev–Trinajstić information content (AvgIpc) is 3.20. The number of carbonyl (C=O) groups is 1.